The molecular weight excluding hydrogens is 341 g/mol. The lowest BCUT2D eigenvalue weighted by Gasteiger charge is -2.25. The molecule has 136 valence electrons. The Morgan fingerprint density at radius 3 is 2.24 bits per heavy atom. The summed E-state index contributed by atoms with van der Waals surface area (Å²) in [6.07, 6.45) is 0. The molecular formula is C19H25ClFN3O. The fourth-order valence-electron chi connectivity index (χ4n) is 2.37. The number of halogens is 2. The van der Waals surface area contributed by atoms with E-state index < -0.39 is 0 Å². The average Bonchev–Trinajstić information content (AvgIpc) is 2.59. The highest BCUT2D eigenvalue weighted by atomic mass is 35.5. The molecule has 0 aromatic heterocycles. The predicted octanol–water partition coefficient (Wildman–Crippen LogP) is 2.91. The van der Waals surface area contributed by atoms with Gasteiger partial charge in [-0.3, -0.25) is 4.79 Å². The van der Waals surface area contributed by atoms with Gasteiger partial charge in [0, 0.05) is 37.3 Å². The van der Waals surface area contributed by atoms with Crippen molar-refractivity contribution in [2.45, 2.75) is 13.1 Å². The summed E-state index contributed by atoms with van der Waals surface area (Å²) in [5.74, 6) is -0.401. The fourth-order valence-corrected chi connectivity index (χ4v) is 2.37. The highest BCUT2D eigenvalue weighted by Crippen LogP contribution is 2.14. The summed E-state index contributed by atoms with van der Waals surface area (Å²) in [4.78, 5) is 16.5. The van der Waals surface area contributed by atoms with Crippen LogP contribution in [0.4, 0.5) is 4.39 Å². The third kappa shape index (κ3) is 6.12. The quantitative estimate of drug-likeness (QED) is 0.820. The van der Waals surface area contributed by atoms with Gasteiger partial charge in [-0.15, -0.1) is 12.4 Å². The van der Waals surface area contributed by atoms with E-state index in [1.54, 1.807) is 35.2 Å². The number of hydrogen-bond donors (Lipinski definition) is 1. The Labute approximate surface area is 154 Å². The van der Waals surface area contributed by atoms with Crippen LogP contribution >= 0.6 is 12.4 Å². The highest BCUT2D eigenvalue weighted by molar-refractivity contribution is 5.94. The number of benzene rings is 2. The van der Waals surface area contributed by atoms with E-state index in [-0.39, 0.29) is 30.7 Å². The SMILES string of the molecule is CN(C)CCN(Cc1ccccc1F)C(=O)c1ccc(CN)cc1.Cl. The number of hydrogen-bond acceptors (Lipinski definition) is 3. The second-order valence-electron chi connectivity index (χ2n) is 6.02. The van der Waals surface area contributed by atoms with E-state index in [2.05, 4.69) is 0 Å². The molecule has 0 aliphatic heterocycles. The van der Waals surface area contributed by atoms with Crippen molar-refractivity contribution in [3.63, 3.8) is 0 Å². The van der Waals surface area contributed by atoms with Gasteiger partial charge < -0.3 is 15.5 Å². The third-order valence-electron chi connectivity index (χ3n) is 3.86. The van der Waals surface area contributed by atoms with Gasteiger partial charge in [-0.1, -0.05) is 30.3 Å². The molecule has 0 heterocycles. The van der Waals surface area contributed by atoms with Crippen molar-refractivity contribution < 1.29 is 9.18 Å². The predicted molar refractivity (Wildman–Crippen MR) is 101 cm³/mol. The van der Waals surface area contributed by atoms with E-state index in [4.69, 9.17) is 5.73 Å². The van der Waals surface area contributed by atoms with Gasteiger partial charge in [0.05, 0.1) is 0 Å². The van der Waals surface area contributed by atoms with Crippen LogP contribution in [0.15, 0.2) is 48.5 Å². The molecule has 0 atom stereocenters. The van der Waals surface area contributed by atoms with Gasteiger partial charge in [0.1, 0.15) is 5.82 Å². The monoisotopic (exact) mass is 365 g/mol. The van der Waals surface area contributed by atoms with Crippen molar-refractivity contribution in [2.75, 3.05) is 27.2 Å². The Morgan fingerprint density at radius 1 is 1.04 bits per heavy atom. The van der Waals surface area contributed by atoms with E-state index in [1.807, 2.05) is 31.1 Å². The minimum absolute atomic E-state index is 0. The molecule has 2 aromatic carbocycles. The average molecular weight is 366 g/mol. The van der Waals surface area contributed by atoms with Gasteiger partial charge in [-0.05, 0) is 37.9 Å². The molecule has 0 radical (unpaired) electrons. The first kappa shape index (κ1) is 21.1. The number of nitrogens with two attached hydrogens (primary N) is 1. The van der Waals surface area contributed by atoms with Gasteiger partial charge in [0.15, 0.2) is 0 Å². The molecule has 0 saturated heterocycles. The van der Waals surface area contributed by atoms with E-state index >= 15 is 0 Å². The summed E-state index contributed by atoms with van der Waals surface area (Å²) in [5.41, 5.74) is 7.67. The molecule has 0 spiro atoms. The summed E-state index contributed by atoms with van der Waals surface area (Å²) in [5, 5.41) is 0. The number of likely N-dealkylation sites (N-methyl/N-ethyl adjacent to an activating group) is 1. The first-order valence-electron chi connectivity index (χ1n) is 7.97. The maximum absolute atomic E-state index is 14.0. The van der Waals surface area contributed by atoms with Gasteiger partial charge >= 0.3 is 0 Å². The smallest absolute Gasteiger partial charge is 0.254 e. The Balaban J connectivity index is 0.00000312. The van der Waals surface area contributed by atoms with Crippen LogP contribution in [0.2, 0.25) is 0 Å². The maximum atomic E-state index is 14.0. The normalized spacial score (nSPS) is 10.4. The molecule has 0 bridgehead atoms. The summed E-state index contributed by atoms with van der Waals surface area (Å²) < 4.78 is 14.0. The molecule has 2 rings (SSSR count). The lowest BCUT2D eigenvalue weighted by Crippen LogP contribution is -2.36. The minimum atomic E-state index is -0.293. The van der Waals surface area contributed by atoms with Crippen molar-refractivity contribution in [2.24, 2.45) is 5.73 Å². The third-order valence-corrected chi connectivity index (χ3v) is 3.86. The first-order valence-corrected chi connectivity index (χ1v) is 7.97. The highest BCUT2D eigenvalue weighted by Gasteiger charge is 2.17. The summed E-state index contributed by atoms with van der Waals surface area (Å²) in [6, 6.07) is 13.8. The molecule has 0 aliphatic carbocycles. The zero-order chi connectivity index (χ0) is 17.5. The molecule has 2 N–H and O–H groups in total. The lowest BCUT2D eigenvalue weighted by atomic mass is 10.1. The van der Waals surface area contributed by atoms with Crippen molar-refractivity contribution in [1.29, 1.82) is 0 Å². The number of rotatable bonds is 7. The second kappa shape index (κ2) is 10.1. The van der Waals surface area contributed by atoms with E-state index in [9.17, 15) is 9.18 Å². The second-order valence-corrected chi connectivity index (χ2v) is 6.02. The van der Waals surface area contributed by atoms with Gasteiger partial charge in [0.25, 0.3) is 5.91 Å². The topological polar surface area (TPSA) is 49.6 Å². The van der Waals surface area contributed by atoms with Crippen molar-refractivity contribution in [3.8, 4) is 0 Å². The fraction of sp³-hybridized carbons (Fsp3) is 0.316. The van der Waals surface area contributed by atoms with Crippen molar-refractivity contribution in [3.05, 3.63) is 71.0 Å². The first-order chi connectivity index (χ1) is 11.5. The van der Waals surface area contributed by atoms with E-state index in [0.717, 1.165) is 5.56 Å². The zero-order valence-electron chi connectivity index (χ0n) is 14.6. The molecule has 25 heavy (non-hydrogen) atoms. The Kier molecular flexibility index (Phi) is 8.55. The van der Waals surface area contributed by atoms with Crippen LogP contribution in [0.5, 0.6) is 0 Å². The van der Waals surface area contributed by atoms with Crippen LogP contribution in [0.3, 0.4) is 0 Å². The van der Waals surface area contributed by atoms with Gasteiger partial charge in [-0.25, -0.2) is 4.39 Å². The zero-order valence-corrected chi connectivity index (χ0v) is 15.4. The largest absolute Gasteiger partial charge is 0.333 e. The molecule has 1 amide bonds. The molecule has 0 unspecified atom stereocenters. The van der Waals surface area contributed by atoms with Gasteiger partial charge in [0.2, 0.25) is 0 Å². The Bertz CT molecular complexity index is 677. The van der Waals surface area contributed by atoms with Crippen molar-refractivity contribution >= 4 is 18.3 Å². The molecule has 0 fully saturated rings. The van der Waals surface area contributed by atoms with Crippen LogP contribution in [0.25, 0.3) is 0 Å². The number of carbonyl (C=O) groups excluding carboxylic acids is 1. The molecule has 4 nitrogen and oxygen atoms in total. The summed E-state index contributed by atoms with van der Waals surface area (Å²) in [7, 11) is 3.89. The molecule has 2 aromatic rings. The summed E-state index contributed by atoms with van der Waals surface area (Å²) >= 11 is 0. The lowest BCUT2D eigenvalue weighted by molar-refractivity contribution is 0.0730. The van der Waals surface area contributed by atoms with E-state index in [1.165, 1.54) is 6.07 Å². The Morgan fingerprint density at radius 2 is 1.68 bits per heavy atom. The maximum Gasteiger partial charge on any atom is 0.254 e. The molecule has 0 saturated carbocycles. The van der Waals surface area contributed by atoms with Crippen LogP contribution in [-0.2, 0) is 13.1 Å². The molecule has 6 heteroatoms. The van der Waals surface area contributed by atoms with Crippen LogP contribution in [0, 0.1) is 5.82 Å². The Hall–Kier alpha value is -1.95. The number of nitrogens with zero attached hydrogens (tertiary/aromatic N) is 2. The molecule has 0 aliphatic rings. The van der Waals surface area contributed by atoms with Crippen LogP contribution in [-0.4, -0.2) is 42.9 Å². The summed E-state index contributed by atoms with van der Waals surface area (Å²) in [6.45, 7) is 1.92. The number of carbonyl (C=O) groups is 1. The number of amides is 1. The standard InChI is InChI=1S/C19H24FN3O.ClH/c1-22(2)11-12-23(14-17-5-3-4-6-18(17)20)19(24)16-9-7-15(13-21)8-10-16;/h3-10H,11-14,21H2,1-2H3;1H. The van der Waals surface area contributed by atoms with Crippen LogP contribution in [0.1, 0.15) is 21.5 Å². The van der Waals surface area contributed by atoms with Crippen LogP contribution < -0.4 is 5.73 Å². The minimum Gasteiger partial charge on any atom is -0.333 e. The van der Waals surface area contributed by atoms with Gasteiger partial charge in [-0.2, -0.15) is 0 Å². The van der Waals surface area contributed by atoms with Crippen molar-refractivity contribution in [1.82, 2.24) is 9.80 Å². The van der Waals surface area contributed by atoms with E-state index in [0.29, 0.717) is 30.8 Å².